The van der Waals surface area contributed by atoms with Crippen molar-refractivity contribution in [2.75, 3.05) is 0 Å². The molecule has 1 heterocycles. The molecule has 20 heavy (non-hydrogen) atoms. The molecule has 104 valence electrons. The van der Waals surface area contributed by atoms with Crippen LogP contribution >= 0.6 is 0 Å². The molecule has 0 saturated heterocycles. The van der Waals surface area contributed by atoms with Gasteiger partial charge in [0.25, 0.3) is 0 Å². The third-order valence-corrected chi connectivity index (χ3v) is 3.05. The van der Waals surface area contributed by atoms with Crippen molar-refractivity contribution >= 4 is 11.8 Å². The number of hydrogen-bond acceptors (Lipinski definition) is 3. The predicted molar refractivity (Wildman–Crippen MR) is 74.2 cm³/mol. The number of carbonyl (C=O) groups is 2. The van der Waals surface area contributed by atoms with E-state index in [9.17, 15) is 9.59 Å². The van der Waals surface area contributed by atoms with E-state index >= 15 is 0 Å². The molecule has 0 unspecified atom stereocenters. The number of aromatic carboxylic acids is 1. The molecule has 0 spiro atoms. The lowest BCUT2D eigenvalue weighted by Gasteiger charge is -2.18. The molecular formula is C16H16O4. The highest BCUT2D eigenvalue weighted by atomic mass is 16.4. The fourth-order valence-electron chi connectivity index (χ4n) is 1.84. The third-order valence-electron chi connectivity index (χ3n) is 3.05. The Morgan fingerprint density at radius 3 is 1.95 bits per heavy atom. The molecule has 2 rings (SSSR count). The van der Waals surface area contributed by atoms with Crippen LogP contribution in [0.2, 0.25) is 0 Å². The Hall–Kier alpha value is -2.36. The average molecular weight is 272 g/mol. The minimum atomic E-state index is -1.19. The molecule has 4 heteroatoms. The van der Waals surface area contributed by atoms with Crippen LogP contribution in [0.4, 0.5) is 0 Å². The molecule has 4 nitrogen and oxygen atoms in total. The van der Waals surface area contributed by atoms with Gasteiger partial charge in [-0.1, -0.05) is 45.0 Å². The molecule has 1 aromatic carbocycles. The molecule has 0 atom stereocenters. The van der Waals surface area contributed by atoms with Gasteiger partial charge >= 0.3 is 5.97 Å². The number of carboxylic acid groups (broad SMARTS) is 1. The molecule has 0 radical (unpaired) electrons. The van der Waals surface area contributed by atoms with E-state index in [4.69, 9.17) is 9.52 Å². The summed E-state index contributed by atoms with van der Waals surface area (Å²) in [7, 11) is 0. The summed E-state index contributed by atoms with van der Waals surface area (Å²) in [6.07, 6.45) is 0. The van der Waals surface area contributed by atoms with Crippen LogP contribution < -0.4 is 0 Å². The molecular weight excluding hydrogens is 256 g/mol. The SMILES string of the molecule is CC(C)(C)c1ccc(C(=O)c2ccc(C(=O)O)o2)cc1. The first kappa shape index (κ1) is 14.1. The molecule has 0 aliphatic heterocycles. The van der Waals surface area contributed by atoms with E-state index in [1.54, 1.807) is 12.1 Å². The van der Waals surface area contributed by atoms with Crippen LogP contribution in [0.15, 0.2) is 40.8 Å². The first-order chi connectivity index (χ1) is 9.29. The molecule has 0 aliphatic rings. The number of benzene rings is 1. The highest BCUT2D eigenvalue weighted by Crippen LogP contribution is 2.23. The molecule has 1 aromatic heterocycles. The maximum Gasteiger partial charge on any atom is 0.371 e. The molecule has 0 saturated carbocycles. The lowest BCUT2D eigenvalue weighted by atomic mass is 9.86. The fourth-order valence-corrected chi connectivity index (χ4v) is 1.84. The largest absolute Gasteiger partial charge is 0.475 e. The van der Waals surface area contributed by atoms with Crippen LogP contribution in [0.25, 0.3) is 0 Å². The van der Waals surface area contributed by atoms with Crippen LogP contribution in [-0.2, 0) is 5.41 Å². The summed E-state index contributed by atoms with van der Waals surface area (Å²) in [6, 6.07) is 9.91. The monoisotopic (exact) mass is 272 g/mol. The van der Waals surface area contributed by atoms with Gasteiger partial charge < -0.3 is 9.52 Å². The summed E-state index contributed by atoms with van der Waals surface area (Å²) in [5, 5.41) is 8.77. The number of hydrogen-bond donors (Lipinski definition) is 1. The molecule has 0 amide bonds. The smallest absolute Gasteiger partial charge is 0.371 e. The molecule has 0 bridgehead atoms. The minimum Gasteiger partial charge on any atom is -0.475 e. The van der Waals surface area contributed by atoms with Crippen molar-refractivity contribution in [3.05, 3.63) is 59.0 Å². The summed E-state index contributed by atoms with van der Waals surface area (Å²) in [5.74, 6) is -1.71. The normalized spacial score (nSPS) is 11.3. The van der Waals surface area contributed by atoms with E-state index in [1.165, 1.54) is 12.1 Å². The van der Waals surface area contributed by atoms with Gasteiger partial charge in [0.15, 0.2) is 5.76 Å². The van der Waals surface area contributed by atoms with E-state index in [2.05, 4.69) is 20.8 Å². The Balaban J connectivity index is 2.27. The van der Waals surface area contributed by atoms with Crippen molar-refractivity contribution < 1.29 is 19.1 Å². The Bertz CT molecular complexity index is 642. The first-order valence-corrected chi connectivity index (χ1v) is 6.27. The van der Waals surface area contributed by atoms with Crippen molar-refractivity contribution in [3.63, 3.8) is 0 Å². The van der Waals surface area contributed by atoms with E-state index in [-0.39, 0.29) is 22.7 Å². The molecule has 0 aliphatic carbocycles. The van der Waals surface area contributed by atoms with E-state index in [0.717, 1.165) is 5.56 Å². The van der Waals surface area contributed by atoms with Gasteiger partial charge in [-0.15, -0.1) is 0 Å². The van der Waals surface area contributed by atoms with Crippen molar-refractivity contribution in [3.8, 4) is 0 Å². The predicted octanol–water partition coefficient (Wildman–Crippen LogP) is 3.51. The van der Waals surface area contributed by atoms with Crippen molar-refractivity contribution in [1.29, 1.82) is 0 Å². The lowest BCUT2D eigenvalue weighted by molar-refractivity contribution is 0.0660. The van der Waals surface area contributed by atoms with Crippen molar-refractivity contribution in [1.82, 2.24) is 0 Å². The van der Waals surface area contributed by atoms with Gasteiger partial charge in [-0.25, -0.2) is 4.79 Å². The molecule has 1 N–H and O–H groups in total. The van der Waals surface area contributed by atoms with Gasteiger partial charge in [0.2, 0.25) is 11.5 Å². The number of ketones is 1. The zero-order chi connectivity index (χ0) is 14.9. The number of rotatable bonds is 3. The second-order valence-corrected chi connectivity index (χ2v) is 5.63. The maximum atomic E-state index is 12.2. The summed E-state index contributed by atoms with van der Waals surface area (Å²) in [5.41, 5.74) is 1.62. The zero-order valence-corrected chi connectivity index (χ0v) is 11.6. The number of furan rings is 1. The fraction of sp³-hybridized carbons (Fsp3) is 0.250. The Morgan fingerprint density at radius 1 is 0.950 bits per heavy atom. The van der Waals surface area contributed by atoms with Gasteiger partial charge in [-0.3, -0.25) is 4.79 Å². The summed E-state index contributed by atoms with van der Waals surface area (Å²) >= 11 is 0. The van der Waals surface area contributed by atoms with Crippen LogP contribution in [0.5, 0.6) is 0 Å². The van der Waals surface area contributed by atoms with Crippen molar-refractivity contribution in [2.24, 2.45) is 0 Å². The van der Waals surface area contributed by atoms with Crippen LogP contribution in [0.1, 0.15) is 53.0 Å². The summed E-state index contributed by atoms with van der Waals surface area (Å²) in [4.78, 5) is 22.9. The lowest BCUT2D eigenvalue weighted by Crippen LogP contribution is -2.11. The topological polar surface area (TPSA) is 67.5 Å². The number of carbonyl (C=O) groups excluding carboxylic acids is 1. The van der Waals surface area contributed by atoms with Gasteiger partial charge in [0.1, 0.15) is 0 Å². The summed E-state index contributed by atoms with van der Waals surface area (Å²) < 4.78 is 5.01. The van der Waals surface area contributed by atoms with E-state index < -0.39 is 5.97 Å². The van der Waals surface area contributed by atoms with Gasteiger partial charge in [0.05, 0.1) is 0 Å². The van der Waals surface area contributed by atoms with Crippen LogP contribution in [-0.4, -0.2) is 16.9 Å². The highest BCUT2D eigenvalue weighted by Gasteiger charge is 2.18. The van der Waals surface area contributed by atoms with E-state index in [1.807, 2.05) is 12.1 Å². The molecule has 0 fully saturated rings. The quantitative estimate of drug-likeness (QED) is 0.868. The van der Waals surface area contributed by atoms with Crippen LogP contribution in [0.3, 0.4) is 0 Å². The van der Waals surface area contributed by atoms with Gasteiger partial charge in [-0.05, 0) is 23.1 Å². The Kier molecular flexibility index (Phi) is 3.49. The van der Waals surface area contributed by atoms with Crippen LogP contribution in [0, 0.1) is 0 Å². The second-order valence-electron chi connectivity index (χ2n) is 5.63. The summed E-state index contributed by atoms with van der Waals surface area (Å²) in [6.45, 7) is 6.28. The Labute approximate surface area is 117 Å². The highest BCUT2D eigenvalue weighted by molar-refractivity contribution is 6.07. The standard InChI is InChI=1S/C16H16O4/c1-16(2,3)11-6-4-10(5-7-11)14(17)12-8-9-13(20-12)15(18)19/h4-9H,1-3H3,(H,18,19). The average Bonchev–Trinajstić information content (AvgIpc) is 2.86. The minimum absolute atomic E-state index is 0.0166. The Morgan fingerprint density at radius 2 is 1.50 bits per heavy atom. The van der Waals surface area contributed by atoms with Crippen molar-refractivity contribution in [2.45, 2.75) is 26.2 Å². The maximum absolute atomic E-state index is 12.2. The van der Waals surface area contributed by atoms with Gasteiger partial charge in [0, 0.05) is 5.56 Å². The zero-order valence-electron chi connectivity index (χ0n) is 11.6. The van der Waals surface area contributed by atoms with Gasteiger partial charge in [-0.2, -0.15) is 0 Å². The first-order valence-electron chi connectivity index (χ1n) is 6.27. The second kappa shape index (κ2) is 4.96. The van der Waals surface area contributed by atoms with E-state index in [0.29, 0.717) is 5.56 Å². The third kappa shape index (κ3) is 2.79. The molecule has 2 aromatic rings. The number of carboxylic acids is 1.